The average molecular weight is 389 g/mol. The molecule has 1 aliphatic heterocycles. The minimum atomic E-state index is -0.792. The summed E-state index contributed by atoms with van der Waals surface area (Å²) in [6.45, 7) is 1.95. The van der Waals surface area contributed by atoms with Crippen LogP contribution < -0.4 is 9.64 Å². The van der Waals surface area contributed by atoms with Gasteiger partial charge in [-0.25, -0.2) is 4.39 Å². The molecule has 5 heteroatoms. The average Bonchev–Trinajstić information content (AvgIpc) is 3.00. The van der Waals surface area contributed by atoms with E-state index in [-0.39, 0.29) is 5.76 Å². The third-order valence-electron chi connectivity index (χ3n) is 5.12. The summed E-state index contributed by atoms with van der Waals surface area (Å²) in [5.41, 5.74) is 2.96. The lowest BCUT2D eigenvalue weighted by Crippen LogP contribution is -2.30. The molecule has 4 rings (SSSR count). The quantitative estimate of drug-likeness (QED) is 0.667. The summed E-state index contributed by atoms with van der Waals surface area (Å²) in [4.78, 5) is 14.5. The Morgan fingerprint density at radius 1 is 0.966 bits per heavy atom. The van der Waals surface area contributed by atoms with E-state index in [9.17, 15) is 14.3 Å². The molecule has 0 saturated carbocycles. The first kappa shape index (κ1) is 18.7. The number of carbonyl (C=O) groups is 1. The van der Waals surface area contributed by atoms with Crippen LogP contribution in [-0.2, 0) is 4.79 Å². The highest BCUT2D eigenvalue weighted by Gasteiger charge is 2.43. The summed E-state index contributed by atoms with van der Waals surface area (Å²) < 4.78 is 20.0. The van der Waals surface area contributed by atoms with Gasteiger partial charge in [0.25, 0.3) is 5.91 Å². The number of ether oxygens (including phenoxy) is 1. The van der Waals surface area contributed by atoms with Gasteiger partial charge in [-0.2, -0.15) is 0 Å². The molecular formula is C24H20FNO3. The maximum absolute atomic E-state index is 14.8. The molecule has 3 aromatic rings. The number of aliphatic hydroxyl groups is 1. The Balaban J connectivity index is 1.90. The summed E-state index contributed by atoms with van der Waals surface area (Å²) >= 11 is 0. The van der Waals surface area contributed by atoms with Crippen molar-refractivity contribution < 1.29 is 19.0 Å². The fourth-order valence-electron chi connectivity index (χ4n) is 3.63. The Morgan fingerprint density at radius 2 is 1.62 bits per heavy atom. The maximum Gasteiger partial charge on any atom is 0.294 e. The van der Waals surface area contributed by atoms with E-state index in [0.717, 1.165) is 5.56 Å². The molecular weight excluding hydrogens is 369 g/mol. The molecule has 1 amide bonds. The molecule has 146 valence electrons. The van der Waals surface area contributed by atoms with Crippen LogP contribution in [-0.4, -0.2) is 18.1 Å². The lowest BCUT2D eigenvalue weighted by atomic mass is 9.92. The van der Waals surface area contributed by atoms with Gasteiger partial charge in [0.1, 0.15) is 11.6 Å². The van der Waals surface area contributed by atoms with Crippen LogP contribution in [0.2, 0.25) is 0 Å². The molecule has 0 spiro atoms. The van der Waals surface area contributed by atoms with Gasteiger partial charge in [0, 0.05) is 16.8 Å². The number of aliphatic hydroxyl groups excluding tert-OH is 1. The number of hydrogen-bond acceptors (Lipinski definition) is 3. The second kappa shape index (κ2) is 7.43. The van der Waals surface area contributed by atoms with Gasteiger partial charge in [-0.1, -0.05) is 48.0 Å². The summed E-state index contributed by atoms with van der Waals surface area (Å²) in [5.74, 6) is -0.751. The van der Waals surface area contributed by atoms with Gasteiger partial charge in [0.05, 0.1) is 13.2 Å². The monoisotopic (exact) mass is 389 g/mol. The molecule has 1 atom stereocenters. The van der Waals surface area contributed by atoms with Crippen molar-refractivity contribution in [2.45, 2.75) is 13.0 Å². The Hall–Kier alpha value is -3.60. The zero-order valence-corrected chi connectivity index (χ0v) is 16.1. The van der Waals surface area contributed by atoms with Crippen molar-refractivity contribution in [3.8, 4) is 5.75 Å². The molecule has 1 aliphatic rings. The highest BCUT2D eigenvalue weighted by molar-refractivity contribution is 6.16. The van der Waals surface area contributed by atoms with Crippen LogP contribution in [0.25, 0.3) is 5.57 Å². The van der Waals surface area contributed by atoms with Crippen molar-refractivity contribution in [3.05, 3.63) is 101 Å². The van der Waals surface area contributed by atoms with Crippen LogP contribution in [0.5, 0.6) is 5.75 Å². The van der Waals surface area contributed by atoms with E-state index in [1.807, 2.05) is 31.2 Å². The first-order chi connectivity index (χ1) is 14.0. The largest absolute Gasteiger partial charge is 0.503 e. The summed E-state index contributed by atoms with van der Waals surface area (Å²) in [6.07, 6.45) is 0. The SMILES string of the molecule is COc1ccc(N2C(=O)C(O)=C(c3ccc(C)cc3)[C@H]2c2ccccc2F)cc1. The zero-order valence-electron chi connectivity index (χ0n) is 16.1. The normalized spacial score (nSPS) is 16.4. The van der Waals surface area contributed by atoms with E-state index in [1.165, 1.54) is 11.0 Å². The molecule has 0 aromatic heterocycles. The fourth-order valence-corrected chi connectivity index (χ4v) is 3.63. The topological polar surface area (TPSA) is 49.8 Å². The number of methoxy groups -OCH3 is 1. The molecule has 0 radical (unpaired) electrons. The van der Waals surface area contributed by atoms with Crippen molar-refractivity contribution in [1.82, 2.24) is 0 Å². The lowest BCUT2D eigenvalue weighted by Gasteiger charge is -2.28. The Bertz CT molecular complexity index is 1090. The fraction of sp³-hybridized carbons (Fsp3) is 0.125. The van der Waals surface area contributed by atoms with E-state index in [4.69, 9.17) is 4.74 Å². The van der Waals surface area contributed by atoms with Crippen molar-refractivity contribution >= 4 is 17.2 Å². The molecule has 1 heterocycles. The third kappa shape index (κ3) is 3.25. The number of hydrogen-bond donors (Lipinski definition) is 1. The smallest absolute Gasteiger partial charge is 0.294 e. The van der Waals surface area contributed by atoms with Gasteiger partial charge in [-0.3, -0.25) is 9.69 Å². The number of aryl methyl sites for hydroxylation is 1. The predicted molar refractivity (Wildman–Crippen MR) is 110 cm³/mol. The molecule has 0 bridgehead atoms. The highest BCUT2D eigenvalue weighted by atomic mass is 19.1. The van der Waals surface area contributed by atoms with Crippen molar-refractivity contribution in [2.75, 3.05) is 12.0 Å². The van der Waals surface area contributed by atoms with Gasteiger partial charge < -0.3 is 9.84 Å². The van der Waals surface area contributed by atoms with Crippen LogP contribution in [0.4, 0.5) is 10.1 Å². The Labute approximate surface area is 168 Å². The number of amides is 1. The number of rotatable bonds is 4. The molecule has 3 aromatic carbocycles. The van der Waals surface area contributed by atoms with E-state index in [1.54, 1.807) is 49.6 Å². The van der Waals surface area contributed by atoms with E-state index >= 15 is 0 Å². The second-order valence-corrected chi connectivity index (χ2v) is 6.93. The van der Waals surface area contributed by atoms with Gasteiger partial charge in [-0.05, 0) is 42.8 Å². The molecule has 4 nitrogen and oxygen atoms in total. The van der Waals surface area contributed by atoms with Crippen LogP contribution >= 0.6 is 0 Å². The summed E-state index contributed by atoms with van der Waals surface area (Å²) in [7, 11) is 1.56. The van der Waals surface area contributed by atoms with Crippen LogP contribution in [0.15, 0.2) is 78.6 Å². The summed E-state index contributed by atoms with van der Waals surface area (Å²) in [5, 5.41) is 10.8. The number of carbonyl (C=O) groups excluding carboxylic acids is 1. The molecule has 0 aliphatic carbocycles. The zero-order chi connectivity index (χ0) is 20.5. The minimum Gasteiger partial charge on any atom is -0.503 e. The standard InChI is InChI=1S/C24H20FNO3/c1-15-7-9-16(10-8-15)21-22(19-5-3-4-6-20(19)25)26(24(28)23(21)27)17-11-13-18(29-2)14-12-17/h3-14,22,27H,1-2H3/t22-/m1/s1. The molecule has 0 fully saturated rings. The van der Waals surface area contributed by atoms with Gasteiger partial charge in [0.2, 0.25) is 0 Å². The van der Waals surface area contributed by atoms with E-state index < -0.39 is 17.8 Å². The van der Waals surface area contributed by atoms with Crippen molar-refractivity contribution in [2.24, 2.45) is 0 Å². The molecule has 29 heavy (non-hydrogen) atoms. The van der Waals surface area contributed by atoms with Crippen LogP contribution in [0.1, 0.15) is 22.7 Å². The van der Waals surface area contributed by atoms with Gasteiger partial charge >= 0.3 is 0 Å². The number of benzene rings is 3. The van der Waals surface area contributed by atoms with Crippen LogP contribution in [0.3, 0.4) is 0 Å². The van der Waals surface area contributed by atoms with Crippen molar-refractivity contribution in [3.63, 3.8) is 0 Å². The van der Waals surface area contributed by atoms with E-state index in [0.29, 0.717) is 28.1 Å². The van der Waals surface area contributed by atoms with Gasteiger partial charge in [-0.15, -0.1) is 0 Å². The van der Waals surface area contributed by atoms with E-state index in [2.05, 4.69) is 0 Å². The Morgan fingerprint density at radius 3 is 2.24 bits per heavy atom. The number of nitrogens with zero attached hydrogens (tertiary/aromatic N) is 1. The molecule has 0 saturated heterocycles. The second-order valence-electron chi connectivity index (χ2n) is 6.93. The lowest BCUT2D eigenvalue weighted by molar-refractivity contribution is -0.117. The Kier molecular flexibility index (Phi) is 4.80. The number of anilines is 1. The molecule has 0 unspecified atom stereocenters. The molecule has 1 N–H and O–H groups in total. The van der Waals surface area contributed by atoms with Crippen LogP contribution in [0, 0.1) is 12.7 Å². The third-order valence-corrected chi connectivity index (χ3v) is 5.12. The predicted octanol–water partition coefficient (Wildman–Crippen LogP) is 5.20. The first-order valence-electron chi connectivity index (χ1n) is 9.23. The summed E-state index contributed by atoms with van der Waals surface area (Å²) in [6, 6.07) is 19.9. The van der Waals surface area contributed by atoms with Crippen molar-refractivity contribution in [1.29, 1.82) is 0 Å². The highest BCUT2D eigenvalue weighted by Crippen LogP contribution is 2.46. The number of halogens is 1. The minimum absolute atomic E-state index is 0.316. The van der Waals surface area contributed by atoms with Gasteiger partial charge in [0.15, 0.2) is 5.76 Å². The first-order valence-corrected chi connectivity index (χ1v) is 9.23. The maximum atomic E-state index is 14.8.